The average Bonchev–Trinajstić information content (AvgIpc) is 3.58. The number of nitrogens with zero attached hydrogens (tertiary/aromatic N) is 4. The lowest BCUT2D eigenvalue weighted by atomic mass is 9.92. The minimum absolute atomic E-state index is 0.0523. The average molecular weight is 639 g/mol. The molecule has 2 aromatic carbocycles. The van der Waals surface area contributed by atoms with Crippen LogP contribution < -0.4 is 15.4 Å². The highest BCUT2D eigenvalue weighted by Gasteiger charge is 2.40. The first-order valence-corrected chi connectivity index (χ1v) is 15.8. The van der Waals surface area contributed by atoms with Crippen LogP contribution in [0, 0.1) is 0 Å². The van der Waals surface area contributed by atoms with Crippen molar-refractivity contribution in [3.63, 3.8) is 0 Å². The van der Waals surface area contributed by atoms with Crippen molar-refractivity contribution in [2.24, 2.45) is 7.05 Å². The Morgan fingerprint density at radius 1 is 1.11 bits per heavy atom. The van der Waals surface area contributed by atoms with E-state index < -0.39 is 23.9 Å². The molecule has 1 saturated heterocycles. The Kier molecular flexibility index (Phi) is 8.93. The van der Waals surface area contributed by atoms with E-state index in [2.05, 4.69) is 17.2 Å². The molecule has 3 aliphatic rings. The Labute approximate surface area is 272 Å². The zero-order valence-electron chi connectivity index (χ0n) is 26.6. The third kappa shape index (κ3) is 6.27. The molecule has 1 aliphatic carbocycles. The van der Waals surface area contributed by atoms with Gasteiger partial charge in [0.25, 0.3) is 5.91 Å². The van der Waals surface area contributed by atoms with Gasteiger partial charge in [-0.1, -0.05) is 30.8 Å². The minimum Gasteiger partial charge on any atom is -0.497 e. The number of carbonyl (C=O) groups excluding carboxylic acids is 5. The Bertz CT molecular complexity index is 1760. The van der Waals surface area contributed by atoms with Gasteiger partial charge in [-0.25, -0.2) is 0 Å². The number of aromatic nitrogens is 2. The van der Waals surface area contributed by atoms with Crippen LogP contribution in [0.15, 0.2) is 55.1 Å². The van der Waals surface area contributed by atoms with Crippen LogP contribution in [0.3, 0.4) is 0 Å². The van der Waals surface area contributed by atoms with E-state index in [0.29, 0.717) is 28.1 Å². The van der Waals surface area contributed by atoms with E-state index in [4.69, 9.17) is 9.84 Å². The molecule has 12 nitrogen and oxygen atoms in total. The molecular weight excluding hydrogens is 600 g/mol. The van der Waals surface area contributed by atoms with Crippen molar-refractivity contribution in [3.05, 3.63) is 94.3 Å². The van der Waals surface area contributed by atoms with Crippen LogP contribution in [0.5, 0.6) is 5.75 Å². The first kappa shape index (κ1) is 31.7. The molecule has 2 N–H and O–H groups in total. The van der Waals surface area contributed by atoms with Crippen LogP contribution in [0.25, 0.3) is 0 Å². The van der Waals surface area contributed by atoms with Crippen molar-refractivity contribution < 1.29 is 28.7 Å². The lowest BCUT2D eigenvalue weighted by Crippen LogP contribution is -2.52. The van der Waals surface area contributed by atoms with Crippen LogP contribution in [0.2, 0.25) is 0 Å². The van der Waals surface area contributed by atoms with Crippen LogP contribution in [-0.2, 0) is 58.7 Å². The molecule has 0 spiro atoms. The summed E-state index contributed by atoms with van der Waals surface area (Å²) in [5, 5.41) is 10.2. The molecule has 0 saturated carbocycles. The lowest BCUT2D eigenvalue weighted by Gasteiger charge is -2.30. The molecule has 3 heterocycles. The van der Waals surface area contributed by atoms with Gasteiger partial charge >= 0.3 is 0 Å². The van der Waals surface area contributed by atoms with Crippen LogP contribution in [-0.4, -0.2) is 62.3 Å². The number of nitrogens with one attached hydrogen (secondary N) is 2. The summed E-state index contributed by atoms with van der Waals surface area (Å²) in [6, 6.07) is 10.9. The number of methoxy groups -OCH3 is 1. The molecular formula is C35H38N6O6. The Morgan fingerprint density at radius 3 is 2.57 bits per heavy atom. The van der Waals surface area contributed by atoms with Gasteiger partial charge in [0.1, 0.15) is 11.8 Å². The molecule has 47 heavy (non-hydrogen) atoms. The van der Waals surface area contributed by atoms with Crippen LogP contribution >= 0.6 is 0 Å². The maximum Gasteiger partial charge on any atom is 0.255 e. The SMILES string of the molecule is C=CC(=O)N(Cc1ccc2c(c1)CN(C1CCC(=O)NC1=O)C2=O)C(C(=O)NCc1ccc(OC)cc1)c1nn(C)c2c1CCCC2. The maximum atomic E-state index is 14.2. The predicted octanol–water partition coefficient (Wildman–Crippen LogP) is 2.64. The van der Waals surface area contributed by atoms with Gasteiger partial charge in [-0.15, -0.1) is 0 Å². The molecule has 1 aromatic heterocycles. The number of hydrogen-bond donors (Lipinski definition) is 2. The summed E-state index contributed by atoms with van der Waals surface area (Å²) in [5.41, 5.74) is 5.34. The number of imide groups is 1. The van der Waals surface area contributed by atoms with Gasteiger partial charge in [-0.3, -0.25) is 34.0 Å². The van der Waals surface area contributed by atoms with Crippen molar-refractivity contribution in [1.82, 2.24) is 30.2 Å². The first-order valence-electron chi connectivity index (χ1n) is 15.8. The Morgan fingerprint density at radius 2 is 1.85 bits per heavy atom. The van der Waals surface area contributed by atoms with Gasteiger partial charge in [0, 0.05) is 44.4 Å². The van der Waals surface area contributed by atoms with Crippen molar-refractivity contribution in [2.75, 3.05) is 7.11 Å². The monoisotopic (exact) mass is 638 g/mol. The highest BCUT2D eigenvalue weighted by atomic mass is 16.5. The Hall–Kier alpha value is -5.26. The normalized spacial score (nSPS) is 17.8. The number of ether oxygens (including phenoxy) is 1. The minimum atomic E-state index is -1.04. The largest absolute Gasteiger partial charge is 0.497 e. The number of fused-ring (bicyclic) bond motifs is 2. The quantitative estimate of drug-likeness (QED) is 0.257. The van der Waals surface area contributed by atoms with Gasteiger partial charge in [-0.2, -0.15) is 5.10 Å². The summed E-state index contributed by atoms with van der Waals surface area (Å²) in [7, 11) is 3.46. The summed E-state index contributed by atoms with van der Waals surface area (Å²) in [4.78, 5) is 68.2. The van der Waals surface area contributed by atoms with Crippen molar-refractivity contribution >= 4 is 29.5 Å². The zero-order valence-corrected chi connectivity index (χ0v) is 26.6. The van der Waals surface area contributed by atoms with E-state index in [-0.39, 0.29) is 50.2 Å². The number of hydrogen-bond acceptors (Lipinski definition) is 7. The van der Waals surface area contributed by atoms with Gasteiger partial charge in [0.05, 0.1) is 12.8 Å². The molecule has 5 amide bonds. The molecule has 2 atom stereocenters. The van der Waals surface area contributed by atoms with E-state index in [9.17, 15) is 24.0 Å². The van der Waals surface area contributed by atoms with Gasteiger partial charge in [0.2, 0.25) is 23.6 Å². The Balaban J connectivity index is 1.30. The number of aryl methyl sites for hydroxylation is 1. The van der Waals surface area contributed by atoms with E-state index in [1.54, 1.807) is 19.2 Å². The summed E-state index contributed by atoms with van der Waals surface area (Å²) in [6.45, 7) is 4.22. The lowest BCUT2D eigenvalue weighted by molar-refractivity contribution is -0.138. The molecule has 0 bridgehead atoms. The fourth-order valence-electron chi connectivity index (χ4n) is 6.80. The maximum absolute atomic E-state index is 14.2. The second-order valence-corrected chi connectivity index (χ2v) is 12.2. The smallest absolute Gasteiger partial charge is 0.255 e. The van der Waals surface area contributed by atoms with Crippen LogP contribution in [0.1, 0.15) is 75.7 Å². The highest BCUT2D eigenvalue weighted by Crippen LogP contribution is 2.34. The van der Waals surface area contributed by atoms with Gasteiger partial charge < -0.3 is 19.9 Å². The molecule has 6 rings (SSSR count). The van der Waals surface area contributed by atoms with Crippen molar-refractivity contribution in [1.29, 1.82) is 0 Å². The fourth-order valence-corrected chi connectivity index (χ4v) is 6.80. The number of carbonyl (C=O) groups is 5. The van der Waals surface area contributed by atoms with E-state index in [0.717, 1.165) is 42.5 Å². The van der Waals surface area contributed by atoms with Crippen LogP contribution in [0.4, 0.5) is 0 Å². The molecule has 244 valence electrons. The summed E-state index contributed by atoms with van der Waals surface area (Å²) in [5.74, 6) is -1.21. The number of rotatable bonds is 10. The van der Waals surface area contributed by atoms with E-state index >= 15 is 0 Å². The molecule has 2 unspecified atom stereocenters. The molecule has 1 fully saturated rings. The molecule has 12 heteroatoms. The number of piperidine rings is 1. The third-order valence-corrected chi connectivity index (χ3v) is 9.24. The van der Waals surface area contributed by atoms with Gasteiger partial charge in [-0.05, 0) is 78.6 Å². The fraction of sp³-hybridized carbons (Fsp3) is 0.371. The summed E-state index contributed by atoms with van der Waals surface area (Å²) < 4.78 is 7.06. The predicted molar refractivity (Wildman–Crippen MR) is 171 cm³/mol. The first-order chi connectivity index (χ1) is 22.7. The van der Waals surface area contributed by atoms with Crippen molar-refractivity contribution in [3.8, 4) is 5.75 Å². The second-order valence-electron chi connectivity index (χ2n) is 12.2. The van der Waals surface area contributed by atoms with Gasteiger partial charge in [0.15, 0.2) is 6.04 Å². The van der Waals surface area contributed by atoms with E-state index in [1.165, 1.54) is 15.9 Å². The highest BCUT2D eigenvalue weighted by molar-refractivity contribution is 6.05. The molecule has 2 aliphatic heterocycles. The summed E-state index contributed by atoms with van der Waals surface area (Å²) in [6.07, 6.45) is 5.22. The second kappa shape index (κ2) is 13.2. The zero-order chi connectivity index (χ0) is 33.2. The molecule has 0 radical (unpaired) electrons. The molecule has 3 aromatic rings. The number of benzene rings is 2. The van der Waals surface area contributed by atoms with Crippen molar-refractivity contribution in [2.45, 2.75) is 70.2 Å². The third-order valence-electron chi connectivity index (χ3n) is 9.24. The number of amides is 5. The topological polar surface area (TPSA) is 143 Å². The standard InChI is InChI=1S/C35H38N6O6/c1-4-30(43)41(19-22-11-14-25-23(17-22)20-40(35(25)46)28-15-16-29(42)37-33(28)44)32(31-26-7-5-6-8-27(26)39(2)38-31)34(45)36-18-21-9-12-24(47-3)13-10-21/h4,9-14,17,28,32H,1,5-8,15-16,18-20H2,2-3H3,(H,36,45)(H,37,42,44). The summed E-state index contributed by atoms with van der Waals surface area (Å²) >= 11 is 0. The van der Waals surface area contributed by atoms with E-state index in [1.807, 2.05) is 42.1 Å².